The van der Waals surface area contributed by atoms with Crippen molar-refractivity contribution in [2.75, 3.05) is 30.0 Å². The first-order chi connectivity index (χ1) is 16.1. The molecule has 1 N–H and O–H groups in total. The molecule has 0 radical (unpaired) electrons. The molecular formula is C23H22ClF3N2O5. The van der Waals surface area contributed by atoms with Gasteiger partial charge in [-0.2, -0.15) is 13.2 Å². The minimum atomic E-state index is -4.69. The standard InChI is InChI=1S/C23H22ClF3N2O5/c1-2-9-33-17-6-4-16(5-7-17)29-12-14(10-21(29)31)22(32)34-13-20(30)28-15-3-8-19(24)18(11-15)23(25,26)27/h3-8,11,14H,2,9-10,12-13H2,1H3,(H,28,30)/t14-/m1/s1. The molecule has 11 heteroatoms. The monoisotopic (exact) mass is 498 g/mol. The summed E-state index contributed by atoms with van der Waals surface area (Å²) < 4.78 is 49.3. The summed E-state index contributed by atoms with van der Waals surface area (Å²) in [6, 6.07) is 9.78. The summed E-state index contributed by atoms with van der Waals surface area (Å²) in [5.74, 6) is -1.95. The van der Waals surface area contributed by atoms with Gasteiger partial charge in [0.1, 0.15) is 5.75 Å². The average Bonchev–Trinajstić information content (AvgIpc) is 3.18. The lowest BCUT2D eigenvalue weighted by Gasteiger charge is -2.17. The Kier molecular flexibility index (Phi) is 8.03. The number of halogens is 4. The highest BCUT2D eigenvalue weighted by Crippen LogP contribution is 2.36. The van der Waals surface area contributed by atoms with Gasteiger partial charge in [0.15, 0.2) is 6.61 Å². The van der Waals surface area contributed by atoms with Crippen molar-refractivity contribution in [3.05, 3.63) is 53.1 Å². The van der Waals surface area contributed by atoms with Gasteiger partial charge in [-0.15, -0.1) is 0 Å². The molecule has 2 aromatic carbocycles. The van der Waals surface area contributed by atoms with Crippen molar-refractivity contribution >= 4 is 40.8 Å². The van der Waals surface area contributed by atoms with Gasteiger partial charge >= 0.3 is 12.1 Å². The summed E-state index contributed by atoms with van der Waals surface area (Å²) in [4.78, 5) is 38.2. The van der Waals surface area contributed by atoms with Gasteiger partial charge in [0.2, 0.25) is 5.91 Å². The fraction of sp³-hybridized carbons (Fsp3) is 0.348. The molecule has 7 nitrogen and oxygen atoms in total. The average molecular weight is 499 g/mol. The number of hydrogen-bond acceptors (Lipinski definition) is 5. The summed E-state index contributed by atoms with van der Waals surface area (Å²) in [5.41, 5.74) is -0.644. The van der Waals surface area contributed by atoms with Gasteiger partial charge in [-0.1, -0.05) is 18.5 Å². The molecule has 1 saturated heterocycles. The van der Waals surface area contributed by atoms with Crippen LogP contribution in [0.4, 0.5) is 24.5 Å². The molecular weight excluding hydrogens is 477 g/mol. The van der Waals surface area contributed by atoms with Crippen LogP contribution in [-0.4, -0.2) is 37.5 Å². The normalized spacial score (nSPS) is 15.9. The van der Waals surface area contributed by atoms with Crippen LogP contribution < -0.4 is 15.0 Å². The molecule has 1 atom stereocenters. The molecule has 0 aliphatic carbocycles. The molecule has 1 aliphatic rings. The third kappa shape index (κ3) is 6.40. The van der Waals surface area contributed by atoms with Gasteiger partial charge in [0.05, 0.1) is 23.1 Å². The molecule has 3 rings (SSSR count). The zero-order valence-electron chi connectivity index (χ0n) is 18.2. The summed E-state index contributed by atoms with van der Waals surface area (Å²) >= 11 is 5.55. The smallest absolute Gasteiger partial charge is 0.417 e. The first-order valence-electron chi connectivity index (χ1n) is 10.4. The van der Waals surface area contributed by atoms with Crippen molar-refractivity contribution in [3.8, 4) is 5.75 Å². The molecule has 1 aliphatic heterocycles. The number of carbonyl (C=O) groups excluding carboxylic acids is 3. The molecule has 2 amide bonds. The molecule has 1 fully saturated rings. The summed E-state index contributed by atoms with van der Waals surface area (Å²) in [5, 5.41) is 1.72. The van der Waals surface area contributed by atoms with E-state index in [0.29, 0.717) is 24.1 Å². The van der Waals surface area contributed by atoms with Crippen molar-refractivity contribution in [1.29, 1.82) is 0 Å². The largest absolute Gasteiger partial charge is 0.494 e. The fourth-order valence-corrected chi connectivity index (χ4v) is 3.55. The van der Waals surface area contributed by atoms with E-state index in [2.05, 4.69) is 5.32 Å². The van der Waals surface area contributed by atoms with Gasteiger partial charge in [-0.25, -0.2) is 0 Å². The van der Waals surface area contributed by atoms with Crippen molar-refractivity contribution < 1.29 is 37.0 Å². The molecule has 0 aromatic heterocycles. The quantitative estimate of drug-likeness (QED) is 0.534. The second-order valence-corrected chi connectivity index (χ2v) is 8.00. The van der Waals surface area contributed by atoms with E-state index in [4.69, 9.17) is 21.1 Å². The Morgan fingerprint density at radius 3 is 2.53 bits per heavy atom. The number of alkyl halides is 3. The minimum Gasteiger partial charge on any atom is -0.494 e. The lowest BCUT2D eigenvalue weighted by molar-refractivity contribution is -0.151. The van der Waals surface area contributed by atoms with Crippen LogP contribution in [0, 0.1) is 5.92 Å². The second-order valence-electron chi connectivity index (χ2n) is 7.60. The van der Waals surface area contributed by atoms with Gasteiger partial charge in [0.25, 0.3) is 5.91 Å². The van der Waals surface area contributed by atoms with E-state index < -0.39 is 41.2 Å². The highest BCUT2D eigenvalue weighted by Gasteiger charge is 2.36. The van der Waals surface area contributed by atoms with Crippen LogP contribution in [0.2, 0.25) is 5.02 Å². The summed E-state index contributed by atoms with van der Waals surface area (Å²) in [6.07, 6.45) is -3.91. The first kappa shape index (κ1) is 25.4. The van der Waals surface area contributed by atoms with Crippen molar-refractivity contribution in [2.24, 2.45) is 5.92 Å². The number of rotatable bonds is 8. The molecule has 182 valence electrons. The van der Waals surface area contributed by atoms with E-state index in [1.807, 2.05) is 6.92 Å². The van der Waals surface area contributed by atoms with E-state index >= 15 is 0 Å². The number of esters is 1. The first-order valence-corrected chi connectivity index (χ1v) is 10.8. The maximum Gasteiger partial charge on any atom is 0.417 e. The lowest BCUT2D eigenvalue weighted by Crippen LogP contribution is -2.28. The van der Waals surface area contributed by atoms with Crippen LogP contribution in [0.25, 0.3) is 0 Å². The highest BCUT2D eigenvalue weighted by atomic mass is 35.5. The number of amides is 2. The van der Waals surface area contributed by atoms with E-state index in [1.165, 1.54) is 11.0 Å². The Morgan fingerprint density at radius 1 is 1.18 bits per heavy atom. The summed E-state index contributed by atoms with van der Waals surface area (Å²) in [7, 11) is 0. The molecule has 0 saturated carbocycles. The molecule has 2 aromatic rings. The van der Waals surface area contributed by atoms with Crippen LogP contribution in [0.1, 0.15) is 25.3 Å². The number of nitrogens with one attached hydrogen (secondary N) is 1. The molecule has 1 heterocycles. The third-order valence-corrected chi connectivity index (χ3v) is 5.31. The number of hydrogen-bond donors (Lipinski definition) is 1. The van der Waals surface area contributed by atoms with Gasteiger partial charge in [-0.3, -0.25) is 14.4 Å². The maximum atomic E-state index is 12.9. The SMILES string of the molecule is CCCOc1ccc(N2C[C@H](C(=O)OCC(=O)Nc3ccc(Cl)c(C(F)(F)F)c3)CC2=O)cc1. The van der Waals surface area contributed by atoms with Crippen LogP contribution >= 0.6 is 11.6 Å². The molecule has 0 bridgehead atoms. The maximum absolute atomic E-state index is 12.9. The second kappa shape index (κ2) is 10.8. The molecule has 0 spiro atoms. The summed E-state index contributed by atoms with van der Waals surface area (Å²) in [6.45, 7) is 1.93. The van der Waals surface area contributed by atoms with Gasteiger partial charge in [-0.05, 0) is 48.9 Å². The highest BCUT2D eigenvalue weighted by molar-refractivity contribution is 6.31. The fourth-order valence-electron chi connectivity index (χ4n) is 3.33. The third-order valence-electron chi connectivity index (χ3n) is 4.98. The zero-order chi connectivity index (χ0) is 24.9. The number of benzene rings is 2. The Balaban J connectivity index is 1.52. The van der Waals surface area contributed by atoms with E-state index in [1.54, 1.807) is 24.3 Å². The van der Waals surface area contributed by atoms with Gasteiger partial charge in [0, 0.05) is 24.3 Å². The van der Waals surface area contributed by atoms with Crippen LogP contribution in [0.5, 0.6) is 5.75 Å². The van der Waals surface area contributed by atoms with E-state index in [0.717, 1.165) is 12.5 Å². The number of nitrogens with zero attached hydrogens (tertiary/aromatic N) is 1. The minimum absolute atomic E-state index is 0.0827. The molecule has 0 unspecified atom stereocenters. The Morgan fingerprint density at radius 2 is 1.88 bits per heavy atom. The van der Waals surface area contributed by atoms with Crippen molar-refractivity contribution in [2.45, 2.75) is 25.9 Å². The number of ether oxygens (including phenoxy) is 2. The van der Waals surface area contributed by atoms with Crippen LogP contribution in [0.15, 0.2) is 42.5 Å². The van der Waals surface area contributed by atoms with Crippen molar-refractivity contribution in [3.63, 3.8) is 0 Å². The van der Waals surface area contributed by atoms with E-state index in [9.17, 15) is 27.6 Å². The Bertz CT molecular complexity index is 1060. The van der Waals surface area contributed by atoms with Crippen LogP contribution in [-0.2, 0) is 25.3 Å². The zero-order valence-corrected chi connectivity index (χ0v) is 18.9. The van der Waals surface area contributed by atoms with Crippen molar-refractivity contribution in [1.82, 2.24) is 0 Å². The predicted octanol–water partition coefficient (Wildman–Crippen LogP) is 4.68. The van der Waals surface area contributed by atoms with Gasteiger partial charge < -0.3 is 19.7 Å². The number of carbonyl (C=O) groups is 3. The Hall–Kier alpha value is -3.27. The lowest BCUT2D eigenvalue weighted by atomic mass is 10.1. The Labute approximate surface area is 198 Å². The predicted molar refractivity (Wildman–Crippen MR) is 119 cm³/mol. The molecule has 34 heavy (non-hydrogen) atoms. The van der Waals surface area contributed by atoms with E-state index in [-0.39, 0.29) is 24.6 Å². The van der Waals surface area contributed by atoms with Crippen LogP contribution in [0.3, 0.4) is 0 Å². The topological polar surface area (TPSA) is 84.9 Å². The number of anilines is 2.